The zero-order chi connectivity index (χ0) is 16.5. The number of fused-ring (bicyclic) bond motifs is 1. The second-order valence-corrected chi connectivity index (χ2v) is 6.67. The Kier molecular flexibility index (Phi) is 3.98. The molecule has 1 fully saturated rings. The molecule has 2 atom stereocenters. The van der Waals surface area contributed by atoms with Crippen molar-refractivity contribution >= 4 is 28.1 Å². The van der Waals surface area contributed by atoms with E-state index in [1.54, 1.807) is 6.21 Å². The summed E-state index contributed by atoms with van der Waals surface area (Å²) in [6, 6.07) is 13.8. The van der Waals surface area contributed by atoms with Crippen LogP contribution < -0.4 is 14.9 Å². The van der Waals surface area contributed by atoms with E-state index in [1.807, 2.05) is 30.3 Å². The van der Waals surface area contributed by atoms with Gasteiger partial charge in [-0.1, -0.05) is 30.3 Å². The van der Waals surface area contributed by atoms with Crippen LogP contribution >= 0.6 is 15.9 Å². The largest absolute Gasteiger partial charge is 0.454 e. The summed E-state index contributed by atoms with van der Waals surface area (Å²) >= 11 is 3.46. The van der Waals surface area contributed by atoms with E-state index in [0.29, 0.717) is 17.4 Å². The van der Waals surface area contributed by atoms with Gasteiger partial charge in [-0.2, -0.15) is 5.10 Å². The molecule has 2 aromatic rings. The van der Waals surface area contributed by atoms with Gasteiger partial charge in [0.05, 0.1) is 6.21 Å². The lowest BCUT2D eigenvalue weighted by Gasteiger charge is -2.02. The van der Waals surface area contributed by atoms with Gasteiger partial charge in [-0.3, -0.25) is 4.79 Å². The van der Waals surface area contributed by atoms with E-state index in [1.165, 1.54) is 5.56 Å². The van der Waals surface area contributed by atoms with Crippen LogP contribution in [0.25, 0.3) is 0 Å². The predicted molar refractivity (Wildman–Crippen MR) is 93.3 cm³/mol. The number of halogens is 1. The number of nitrogens with one attached hydrogen (secondary N) is 1. The summed E-state index contributed by atoms with van der Waals surface area (Å²) in [5.74, 6) is 1.64. The standard InChI is InChI=1S/C18H15BrN2O3/c19-15-8-17-16(23-10-24-17)6-12(15)9-20-21-18(22)14-7-13(14)11-4-2-1-3-5-11/h1-6,8-9,13-14H,7,10H2,(H,21,22)/b20-9-/t13-,14+/m0/s1. The number of hydrazone groups is 1. The Morgan fingerprint density at radius 2 is 1.96 bits per heavy atom. The highest BCUT2D eigenvalue weighted by Gasteiger charge is 2.43. The Labute approximate surface area is 147 Å². The molecule has 0 saturated heterocycles. The molecule has 0 bridgehead atoms. The molecule has 0 radical (unpaired) electrons. The maximum absolute atomic E-state index is 12.2. The predicted octanol–water partition coefficient (Wildman–Crippen LogP) is 3.43. The van der Waals surface area contributed by atoms with Gasteiger partial charge in [-0.05, 0) is 46.0 Å². The SMILES string of the molecule is O=C(N/N=C\c1cc2c(cc1Br)OCO2)[C@@H]1C[C@H]1c1ccccc1. The minimum absolute atomic E-state index is 0.00439. The maximum atomic E-state index is 12.2. The van der Waals surface area contributed by atoms with Crippen LogP contribution in [0.5, 0.6) is 11.5 Å². The Bertz CT molecular complexity index is 807. The van der Waals surface area contributed by atoms with E-state index in [-0.39, 0.29) is 18.6 Å². The molecule has 0 unspecified atom stereocenters. The van der Waals surface area contributed by atoms with Crippen LogP contribution in [0.3, 0.4) is 0 Å². The van der Waals surface area contributed by atoms with Crippen LogP contribution in [-0.2, 0) is 4.79 Å². The first-order valence-corrected chi connectivity index (χ1v) is 8.48. The van der Waals surface area contributed by atoms with Crippen molar-refractivity contribution in [1.29, 1.82) is 0 Å². The molecule has 2 aliphatic rings. The summed E-state index contributed by atoms with van der Waals surface area (Å²) in [6.07, 6.45) is 2.48. The fraction of sp³-hybridized carbons (Fsp3) is 0.222. The van der Waals surface area contributed by atoms with E-state index < -0.39 is 0 Å². The van der Waals surface area contributed by atoms with Gasteiger partial charge in [-0.25, -0.2) is 5.43 Å². The number of amides is 1. The van der Waals surface area contributed by atoms with E-state index in [0.717, 1.165) is 16.5 Å². The van der Waals surface area contributed by atoms with Crippen LogP contribution in [0.2, 0.25) is 0 Å². The number of hydrogen-bond donors (Lipinski definition) is 1. The lowest BCUT2D eigenvalue weighted by atomic mass is 10.1. The Morgan fingerprint density at radius 1 is 1.21 bits per heavy atom. The third kappa shape index (κ3) is 3.01. The van der Waals surface area contributed by atoms with E-state index in [9.17, 15) is 4.79 Å². The van der Waals surface area contributed by atoms with Crippen molar-refractivity contribution in [2.75, 3.05) is 6.79 Å². The van der Waals surface area contributed by atoms with Crippen molar-refractivity contribution < 1.29 is 14.3 Å². The van der Waals surface area contributed by atoms with Crippen LogP contribution in [-0.4, -0.2) is 18.9 Å². The molecule has 5 nitrogen and oxygen atoms in total. The number of carbonyl (C=O) groups is 1. The molecule has 1 aliphatic carbocycles. The number of carbonyl (C=O) groups excluding carboxylic acids is 1. The third-order valence-electron chi connectivity index (χ3n) is 4.23. The Balaban J connectivity index is 1.37. The molecule has 0 spiro atoms. The second kappa shape index (κ2) is 6.28. The highest BCUT2D eigenvalue weighted by Crippen LogP contribution is 2.47. The van der Waals surface area contributed by atoms with Gasteiger partial charge >= 0.3 is 0 Å². The molecule has 1 N–H and O–H groups in total. The fourth-order valence-electron chi connectivity index (χ4n) is 2.83. The quantitative estimate of drug-likeness (QED) is 0.646. The van der Waals surface area contributed by atoms with E-state index >= 15 is 0 Å². The minimum Gasteiger partial charge on any atom is -0.454 e. The molecule has 2 aromatic carbocycles. The molecule has 4 rings (SSSR count). The first-order chi connectivity index (χ1) is 11.7. The molecule has 1 heterocycles. The van der Waals surface area contributed by atoms with Crippen molar-refractivity contribution in [3.05, 3.63) is 58.1 Å². The maximum Gasteiger partial charge on any atom is 0.243 e. The highest BCUT2D eigenvalue weighted by molar-refractivity contribution is 9.10. The molecular formula is C18H15BrN2O3. The van der Waals surface area contributed by atoms with Gasteiger partial charge in [-0.15, -0.1) is 0 Å². The van der Waals surface area contributed by atoms with Gasteiger partial charge in [0.1, 0.15) is 0 Å². The van der Waals surface area contributed by atoms with Gasteiger partial charge in [0.15, 0.2) is 11.5 Å². The molecule has 24 heavy (non-hydrogen) atoms. The summed E-state index contributed by atoms with van der Waals surface area (Å²) in [4.78, 5) is 12.2. The average Bonchev–Trinajstić information content (AvgIpc) is 3.28. The van der Waals surface area contributed by atoms with Crippen molar-refractivity contribution in [2.24, 2.45) is 11.0 Å². The van der Waals surface area contributed by atoms with E-state index in [2.05, 4.69) is 38.6 Å². The second-order valence-electron chi connectivity index (χ2n) is 5.82. The van der Waals surface area contributed by atoms with Crippen molar-refractivity contribution in [2.45, 2.75) is 12.3 Å². The topological polar surface area (TPSA) is 59.9 Å². The van der Waals surface area contributed by atoms with Crippen molar-refractivity contribution in [1.82, 2.24) is 5.43 Å². The number of rotatable bonds is 4. The molecule has 1 amide bonds. The van der Waals surface area contributed by atoms with Gasteiger partial charge in [0.2, 0.25) is 12.7 Å². The summed E-state index contributed by atoms with van der Waals surface area (Å²) in [6.45, 7) is 0.224. The lowest BCUT2D eigenvalue weighted by molar-refractivity contribution is -0.122. The molecular weight excluding hydrogens is 372 g/mol. The third-order valence-corrected chi connectivity index (χ3v) is 4.91. The van der Waals surface area contributed by atoms with Gasteiger partial charge in [0, 0.05) is 16.0 Å². The summed E-state index contributed by atoms with van der Waals surface area (Å²) < 4.78 is 11.5. The molecule has 0 aromatic heterocycles. The molecule has 6 heteroatoms. The summed E-state index contributed by atoms with van der Waals surface area (Å²) in [5, 5.41) is 4.07. The fourth-order valence-corrected chi connectivity index (χ4v) is 3.26. The number of hydrogen-bond acceptors (Lipinski definition) is 4. The van der Waals surface area contributed by atoms with Crippen molar-refractivity contribution in [3.63, 3.8) is 0 Å². The lowest BCUT2D eigenvalue weighted by Crippen LogP contribution is -2.20. The first kappa shape index (κ1) is 15.2. The Hall–Kier alpha value is -2.34. The molecule has 122 valence electrons. The molecule has 1 saturated carbocycles. The number of nitrogens with zero attached hydrogens (tertiary/aromatic N) is 1. The Morgan fingerprint density at radius 3 is 2.75 bits per heavy atom. The zero-order valence-electron chi connectivity index (χ0n) is 12.7. The molecule has 1 aliphatic heterocycles. The van der Waals surface area contributed by atoms with Crippen LogP contribution in [0, 0.1) is 5.92 Å². The summed E-state index contributed by atoms with van der Waals surface area (Å²) in [7, 11) is 0. The average molecular weight is 387 g/mol. The van der Waals surface area contributed by atoms with Crippen molar-refractivity contribution in [3.8, 4) is 11.5 Å². The van der Waals surface area contributed by atoms with Gasteiger partial charge < -0.3 is 9.47 Å². The van der Waals surface area contributed by atoms with Crippen LogP contribution in [0.1, 0.15) is 23.5 Å². The zero-order valence-corrected chi connectivity index (χ0v) is 14.3. The highest BCUT2D eigenvalue weighted by atomic mass is 79.9. The van der Waals surface area contributed by atoms with Crippen LogP contribution in [0.15, 0.2) is 52.0 Å². The monoisotopic (exact) mass is 386 g/mol. The van der Waals surface area contributed by atoms with Crippen LogP contribution in [0.4, 0.5) is 0 Å². The smallest absolute Gasteiger partial charge is 0.243 e. The number of benzene rings is 2. The summed E-state index contributed by atoms with van der Waals surface area (Å²) in [5.41, 5.74) is 4.65. The van der Waals surface area contributed by atoms with E-state index in [4.69, 9.17) is 9.47 Å². The minimum atomic E-state index is -0.0445. The van der Waals surface area contributed by atoms with Gasteiger partial charge in [0.25, 0.3) is 0 Å². The first-order valence-electron chi connectivity index (χ1n) is 7.69. The number of ether oxygens (including phenoxy) is 2. The normalized spacial score (nSPS) is 21.0.